The van der Waals surface area contributed by atoms with Crippen LogP contribution in [0.1, 0.15) is 54.6 Å². The molecule has 2 atom stereocenters. The second-order valence-electron chi connectivity index (χ2n) is 7.90. The van der Waals surface area contributed by atoms with Crippen molar-refractivity contribution in [3.05, 3.63) is 28.7 Å². The Bertz CT molecular complexity index is 1130. The Kier molecular flexibility index (Phi) is 4.36. The molecular formula is C19H24N6O3S. The molecule has 154 valence electrons. The molecular weight excluding hydrogens is 392 g/mol. The third kappa shape index (κ3) is 3.10. The number of aryl methyl sites for hydroxylation is 2. The van der Waals surface area contributed by atoms with Gasteiger partial charge in [0.05, 0.1) is 18.5 Å². The van der Waals surface area contributed by atoms with Crippen LogP contribution in [0.4, 0.5) is 10.5 Å². The highest BCUT2D eigenvalue weighted by molar-refractivity contribution is 7.91. The number of aromatic nitrogens is 3. The molecule has 3 N–H and O–H groups in total. The molecule has 0 bridgehead atoms. The van der Waals surface area contributed by atoms with Crippen molar-refractivity contribution in [2.75, 3.05) is 11.9 Å². The van der Waals surface area contributed by atoms with Gasteiger partial charge >= 0.3 is 6.03 Å². The lowest BCUT2D eigenvalue weighted by molar-refractivity contribution is 0.224. The molecule has 0 radical (unpaired) electrons. The first-order chi connectivity index (χ1) is 13.9. The Morgan fingerprint density at radius 3 is 3.07 bits per heavy atom. The van der Waals surface area contributed by atoms with E-state index in [0.29, 0.717) is 24.9 Å². The summed E-state index contributed by atoms with van der Waals surface area (Å²) in [7, 11) is -3.48. The van der Waals surface area contributed by atoms with E-state index in [1.807, 2.05) is 0 Å². The minimum Gasteiger partial charge on any atom is -0.477 e. The quantitative estimate of drug-likeness (QED) is 0.778. The van der Waals surface area contributed by atoms with Gasteiger partial charge in [-0.3, -0.25) is 4.98 Å². The van der Waals surface area contributed by atoms with E-state index in [-0.39, 0.29) is 4.90 Å². The number of carbonyl (C=O) groups is 1. The summed E-state index contributed by atoms with van der Waals surface area (Å²) in [6.07, 6.45) is 6.89. The number of hydrogen-bond donors (Lipinski definition) is 2. The molecule has 5 rings (SSSR count). The fourth-order valence-electron chi connectivity index (χ4n) is 4.50. The van der Waals surface area contributed by atoms with Crippen LogP contribution in [-0.2, 0) is 35.7 Å². The normalized spacial score (nSPS) is 21.5. The van der Waals surface area contributed by atoms with Crippen LogP contribution in [0.3, 0.4) is 0 Å². The molecule has 3 heterocycles. The van der Waals surface area contributed by atoms with Gasteiger partial charge in [-0.2, -0.15) is 5.10 Å². The second-order valence-corrected chi connectivity index (χ2v) is 9.66. The van der Waals surface area contributed by atoms with Crippen molar-refractivity contribution in [3.63, 3.8) is 0 Å². The van der Waals surface area contributed by atoms with Gasteiger partial charge in [-0.25, -0.2) is 18.8 Å². The number of anilines is 1. The fraction of sp³-hybridized carbons (Fsp3) is 0.526. The first-order valence-electron chi connectivity index (χ1n) is 10.0. The summed E-state index contributed by atoms with van der Waals surface area (Å²) in [5.41, 5.74) is 5.07. The predicted molar refractivity (Wildman–Crippen MR) is 107 cm³/mol. The van der Waals surface area contributed by atoms with E-state index in [0.717, 1.165) is 66.7 Å². The Hall–Kier alpha value is -2.46. The van der Waals surface area contributed by atoms with Crippen molar-refractivity contribution in [3.8, 4) is 5.88 Å². The van der Waals surface area contributed by atoms with E-state index in [4.69, 9.17) is 14.9 Å². The predicted octanol–water partition coefficient (Wildman–Crippen LogP) is 2.53. The molecule has 10 heteroatoms. The molecule has 3 aliphatic rings. The average Bonchev–Trinajstić information content (AvgIpc) is 3.40. The van der Waals surface area contributed by atoms with Gasteiger partial charge < -0.3 is 10.1 Å². The van der Waals surface area contributed by atoms with Gasteiger partial charge in [0, 0.05) is 24.4 Å². The van der Waals surface area contributed by atoms with Gasteiger partial charge in [0.1, 0.15) is 4.90 Å². The fourth-order valence-corrected chi connectivity index (χ4v) is 5.50. The number of pyridine rings is 1. The summed E-state index contributed by atoms with van der Waals surface area (Å²) >= 11 is 0. The number of ether oxygens (including phenoxy) is 1. The van der Waals surface area contributed by atoms with Crippen LogP contribution < -0.4 is 15.2 Å². The zero-order valence-electron chi connectivity index (χ0n) is 16.3. The summed E-state index contributed by atoms with van der Waals surface area (Å²) in [6.45, 7) is 3.31. The summed E-state index contributed by atoms with van der Waals surface area (Å²) < 4.78 is 24.0. The molecule has 2 aromatic heterocycles. The zero-order chi connectivity index (χ0) is 20.2. The summed E-state index contributed by atoms with van der Waals surface area (Å²) in [6, 6.07) is -0.713. The monoisotopic (exact) mass is 416 g/mol. The lowest BCUT2D eigenvalue weighted by Gasteiger charge is -2.16. The van der Waals surface area contributed by atoms with Crippen molar-refractivity contribution < 1.29 is 13.7 Å². The first-order valence-corrected chi connectivity index (χ1v) is 11.6. The maximum Gasteiger partial charge on any atom is 0.354 e. The number of amides is 2. The van der Waals surface area contributed by atoms with Gasteiger partial charge in [-0.15, -0.1) is 4.36 Å². The second kappa shape index (κ2) is 6.81. The lowest BCUT2D eigenvalue weighted by atomic mass is 10.0. The standard InChI is InChI=1S/C19H24N6O3S/c1-11-6-7-13-16(11)22-14-5-2-4-12(14)17(13)23-19(26)24-29(20,27)15-10-21-25-8-3-9-28-18(15)25/h10-11H,2-9H2,1H3,(H3,20,22,23,24,26,27). The molecule has 0 spiro atoms. The van der Waals surface area contributed by atoms with Crippen molar-refractivity contribution >= 4 is 21.6 Å². The van der Waals surface area contributed by atoms with Crippen molar-refractivity contribution in [1.82, 2.24) is 14.8 Å². The Balaban J connectivity index is 1.50. The van der Waals surface area contributed by atoms with Crippen molar-refractivity contribution in [1.29, 1.82) is 0 Å². The molecule has 0 aromatic carbocycles. The van der Waals surface area contributed by atoms with Gasteiger partial charge in [-0.05, 0) is 49.1 Å². The number of fused-ring (bicyclic) bond motifs is 3. The highest BCUT2D eigenvalue weighted by Crippen LogP contribution is 2.41. The topological polar surface area (TPSA) is 124 Å². The van der Waals surface area contributed by atoms with E-state index in [2.05, 4.69) is 21.7 Å². The first kappa shape index (κ1) is 18.6. The number of nitrogens with two attached hydrogens (primary N) is 1. The number of carbonyl (C=O) groups excluding carboxylic acids is 1. The van der Waals surface area contributed by atoms with Crippen LogP contribution in [0.15, 0.2) is 15.5 Å². The molecule has 2 aromatic rings. The van der Waals surface area contributed by atoms with Crippen LogP contribution in [0, 0.1) is 0 Å². The number of urea groups is 1. The molecule has 2 unspecified atom stereocenters. The third-order valence-electron chi connectivity index (χ3n) is 5.93. The maximum atomic E-state index is 13.0. The van der Waals surface area contributed by atoms with E-state index in [9.17, 15) is 9.00 Å². The van der Waals surface area contributed by atoms with Gasteiger partial charge in [-0.1, -0.05) is 6.92 Å². The van der Waals surface area contributed by atoms with Crippen molar-refractivity contribution in [2.45, 2.75) is 62.8 Å². The summed E-state index contributed by atoms with van der Waals surface area (Å²) in [5.74, 6) is 0.707. The molecule has 9 nitrogen and oxygen atoms in total. The van der Waals surface area contributed by atoms with Crippen molar-refractivity contribution in [2.24, 2.45) is 9.50 Å². The summed E-state index contributed by atoms with van der Waals surface area (Å²) in [5, 5.41) is 13.0. The van der Waals surface area contributed by atoms with Gasteiger partial charge in [0.15, 0.2) is 9.92 Å². The van der Waals surface area contributed by atoms with E-state index in [1.165, 1.54) is 6.20 Å². The molecule has 2 amide bonds. The minimum absolute atomic E-state index is 0.158. The van der Waals surface area contributed by atoms with Gasteiger partial charge in [0.2, 0.25) is 5.88 Å². The smallest absolute Gasteiger partial charge is 0.354 e. The van der Waals surface area contributed by atoms with E-state index >= 15 is 0 Å². The summed E-state index contributed by atoms with van der Waals surface area (Å²) in [4.78, 5) is 17.8. The van der Waals surface area contributed by atoms with E-state index < -0.39 is 15.9 Å². The molecule has 2 aliphatic carbocycles. The maximum absolute atomic E-state index is 13.0. The largest absolute Gasteiger partial charge is 0.477 e. The SMILES string of the molecule is CC1CCc2c1nc1c(c2NC(=O)N=S(N)(=O)c2cnn3c2OCCC3)CCC1. The number of rotatable bonds is 2. The Labute approximate surface area is 169 Å². The van der Waals surface area contributed by atoms with Crippen LogP contribution in [0.2, 0.25) is 0 Å². The zero-order valence-corrected chi connectivity index (χ0v) is 17.1. The van der Waals surface area contributed by atoms with Crippen LogP contribution in [0.25, 0.3) is 0 Å². The highest BCUT2D eigenvalue weighted by Gasteiger charge is 2.30. The van der Waals surface area contributed by atoms with Crippen LogP contribution >= 0.6 is 0 Å². The Morgan fingerprint density at radius 2 is 2.21 bits per heavy atom. The molecule has 1 aliphatic heterocycles. The number of nitrogens with zero attached hydrogens (tertiary/aromatic N) is 4. The lowest BCUT2D eigenvalue weighted by Crippen LogP contribution is -2.21. The highest BCUT2D eigenvalue weighted by atomic mass is 32.2. The number of hydrogen-bond acceptors (Lipinski definition) is 5. The average molecular weight is 417 g/mol. The van der Waals surface area contributed by atoms with Crippen LogP contribution in [-0.4, -0.2) is 31.6 Å². The minimum atomic E-state index is -3.48. The molecule has 0 saturated carbocycles. The molecule has 0 saturated heterocycles. The third-order valence-corrected chi connectivity index (χ3v) is 7.28. The van der Waals surface area contributed by atoms with Crippen LogP contribution in [0.5, 0.6) is 5.88 Å². The molecule has 0 fully saturated rings. The number of nitrogens with one attached hydrogen (secondary N) is 1. The molecule has 29 heavy (non-hydrogen) atoms. The van der Waals surface area contributed by atoms with E-state index in [1.54, 1.807) is 4.68 Å². The van der Waals surface area contributed by atoms with Gasteiger partial charge in [0.25, 0.3) is 0 Å². The Morgan fingerprint density at radius 1 is 1.34 bits per heavy atom.